The molecule has 6 heteroatoms. The zero-order chi connectivity index (χ0) is 14.6. The van der Waals surface area contributed by atoms with E-state index in [-0.39, 0.29) is 6.04 Å². The lowest BCUT2D eigenvalue weighted by atomic mass is 9.95. The summed E-state index contributed by atoms with van der Waals surface area (Å²) in [6, 6.07) is 3.79. The van der Waals surface area contributed by atoms with E-state index in [0.29, 0.717) is 16.6 Å². The molecule has 0 bridgehead atoms. The van der Waals surface area contributed by atoms with E-state index in [1.807, 2.05) is 13.0 Å². The van der Waals surface area contributed by atoms with Crippen LogP contribution in [0.2, 0.25) is 0 Å². The highest BCUT2D eigenvalue weighted by molar-refractivity contribution is 7.91. The molecule has 20 heavy (non-hydrogen) atoms. The predicted octanol–water partition coefficient (Wildman–Crippen LogP) is 3.87. The number of sulfonamides is 1. The fourth-order valence-electron chi connectivity index (χ4n) is 2.83. The Bertz CT molecular complexity index is 521. The zero-order valence-electron chi connectivity index (χ0n) is 11.8. The van der Waals surface area contributed by atoms with Gasteiger partial charge in [0.2, 0.25) is 0 Å². The van der Waals surface area contributed by atoms with Gasteiger partial charge < -0.3 is 0 Å². The highest BCUT2D eigenvalue weighted by atomic mass is 35.5. The molecule has 114 valence electrons. The van der Waals surface area contributed by atoms with Crippen LogP contribution in [0.4, 0.5) is 0 Å². The standard InChI is InChI=1S/C14H22ClNO2S2/c1-2-16(12-6-4-3-5-7-12)20(17,18)14-9-8-13(19-14)10-11-15/h8-9,12H,2-7,10-11H2,1H3. The second kappa shape index (κ2) is 7.25. The normalized spacial score (nSPS) is 17.8. The summed E-state index contributed by atoms with van der Waals surface area (Å²) in [5.41, 5.74) is 0. The van der Waals surface area contributed by atoms with Crippen molar-refractivity contribution in [1.82, 2.24) is 4.31 Å². The minimum atomic E-state index is -3.34. The first kappa shape index (κ1) is 16.3. The van der Waals surface area contributed by atoms with Crippen molar-refractivity contribution in [1.29, 1.82) is 0 Å². The molecule has 0 radical (unpaired) electrons. The van der Waals surface area contributed by atoms with E-state index in [2.05, 4.69) is 0 Å². The number of thiophene rings is 1. The maximum Gasteiger partial charge on any atom is 0.252 e. The third-order valence-corrected chi connectivity index (χ3v) is 7.66. The van der Waals surface area contributed by atoms with E-state index in [1.165, 1.54) is 17.8 Å². The average Bonchev–Trinajstić information content (AvgIpc) is 2.90. The van der Waals surface area contributed by atoms with Crippen LogP contribution in [0.25, 0.3) is 0 Å². The van der Waals surface area contributed by atoms with Crippen molar-refractivity contribution in [3.8, 4) is 0 Å². The highest BCUT2D eigenvalue weighted by Crippen LogP contribution is 2.31. The SMILES string of the molecule is CCN(C1CCCCC1)S(=O)(=O)c1ccc(CCCl)s1. The predicted molar refractivity (Wildman–Crippen MR) is 85.2 cm³/mol. The van der Waals surface area contributed by atoms with E-state index in [4.69, 9.17) is 11.6 Å². The number of rotatable bonds is 6. The Hall–Kier alpha value is -0.100. The summed E-state index contributed by atoms with van der Waals surface area (Å²) in [5.74, 6) is 0.528. The second-order valence-electron chi connectivity index (χ2n) is 5.16. The van der Waals surface area contributed by atoms with Crippen LogP contribution in [0.3, 0.4) is 0 Å². The van der Waals surface area contributed by atoms with E-state index < -0.39 is 10.0 Å². The topological polar surface area (TPSA) is 37.4 Å². The number of aryl methyl sites for hydroxylation is 1. The molecule has 1 aromatic rings. The molecule has 3 nitrogen and oxygen atoms in total. The van der Waals surface area contributed by atoms with Gasteiger partial charge in [0.1, 0.15) is 4.21 Å². The number of hydrogen-bond donors (Lipinski definition) is 0. The van der Waals surface area contributed by atoms with Crippen LogP contribution in [0.15, 0.2) is 16.3 Å². The van der Waals surface area contributed by atoms with E-state index in [1.54, 1.807) is 10.4 Å². The number of nitrogens with zero attached hydrogens (tertiary/aromatic N) is 1. The van der Waals surface area contributed by atoms with Gasteiger partial charge in [0.25, 0.3) is 10.0 Å². The molecule has 2 rings (SSSR count). The summed E-state index contributed by atoms with van der Waals surface area (Å²) < 4.78 is 27.7. The van der Waals surface area contributed by atoms with Gasteiger partial charge in [-0.3, -0.25) is 0 Å². The molecule has 0 spiro atoms. The molecule has 1 aromatic heterocycles. The first-order valence-electron chi connectivity index (χ1n) is 7.26. The zero-order valence-corrected chi connectivity index (χ0v) is 14.2. The number of hydrogen-bond acceptors (Lipinski definition) is 3. The maximum atomic E-state index is 12.8. The first-order chi connectivity index (χ1) is 9.59. The molecular weight excluding hydrogens is 314 g/mol. The third kappa shape index (κ3) is 3.56. The molecule has 1 aliphatic rings. The highest BCUT2D eigenvalue weighted by Gasteiger charge is 2.31. The van der Waals surface area contributed by atoms with Gasteiger partial charge in [-0.1, -0.05) is 26.2 Å². The lowest BCUT2D eigenvalue weighted by Gasteiger charge is -2.32. The van der Waals surface area contributed by atoms with Gasteiger partial charge in [0.15, 0.2) is 0 Å². The lowest BCUT2D eigenvalue weighted by Crippen LogP contribution is -2.40. The Kier molecular flexibility index (Phi) is 5.90. The van der Waals surface area contributed by atoms with Crippen LogP contribution in [0.5, 0.6) is 0 Å². The quantitative estimate of drug-likeness (QED) is 0.740. The van der Waals surface area contributed by atoms with Gasteiger partial charge in [-0.15, -0.1) is 22.9 Å². The van der Waals surface area contributed by atoms with Gasteiger partial charge in [-0.05, 0) is 31.4 Å². The van der Waals surface area contributed by atoms with Gasteiger partial charge in [-0.2, -0.15) is 4.31 Å². The molecular formula is C14H22ClNO2S2. The molecule has 0 aliphatic heterocycles. The summed E-state index contributed by atoms with van der Waals surface area (Å²) in [7, 11) is -3.34. The van der Waals surface area contributed by atoms with Crippen molar-refractivity contribution in [2.75, 3.05) is 12.4 Å². The van der Waals surface area contributed by atoms with Crippen molar-refractivity contribution in [2.45, 2.75) is 55.7 Å². The molecule has 0 atom stereocenters. The maximum absolute atomic E-state index is 12.8. The molecule has 1 saturated carbocycles. The smallest absolute Gasteiger partial charge is 0.206 e. The molecule has 1 heterocycles. The molecule has 0 amide bonds. The van der Waals surface area contributed by atoms with Crippen molar-refractivity contribution in [3.63, 3.8) is 0 Å². The van der Waals surface area contributed by atoms with Crippen molar-refractivity contribution < 1.29 is 8.42 Å². The molecule has 1 aliphatic carbocycles. The molecule has 0 saturated heterocycles. The van der Waals surface area contributed by atoms with E-state index >= 15 is 0 Å². The number of halogens is 1. The number of alkyl halides is 1. The minimum absolute atomic E-state index is 0.178. The Morgan fingerprint density at radius 2 is 2.00 bits per heavy atom. The monoisotopic (exact) mass is 335 g/mol. The first-order valence-corrected chi connectivity index (χ1v) is 10.0. The van der Waals surface area contributed by atoms with Crippen molar-refractivity contribution >= 4 is 33.0 Å². The van der Waals surface area contributed by atoms with Crippen molar-refractivity contribution in [2.24, 2.45) is 0 Å². The summed E-state index contributed by atoms with van der Waals surface area (Å²) >= 11 is 7.08. The fourth-order valence-corrected chi connectivity index (χ4v) is 6.33. The summed E-state index contributed by atoms with van der Waals surface area (Å²) in [6.45, 7) is 2.48. The van der Waals surface area contributed by atoms with Gasteiger partial charge in [0, 0.05) is 23.3 Å². The van der Waals surface area contributed by atoms with Crippen LogP contribution < -0.4 is 0 Å². The van der Waals surface area contributed by atoms with Gasteiger partial charge in [0.05, 0.1) is 0 Å². The van der Waals surface area contributed by atoms with Gasteiger partial charge in [-0.25, -0.2) is 8.42 Å². The van der Waals surface area contributed by atoms with E-state index in [0.717, 1.165) is 37.0 Å². The lowest BCUT2D eigenvalue weighted by molar-refractivity contribution is 0.262. The fraction of sp³-hybridized carbons (Fsp3) is 0.714. The van der Waals surface area contributed by atoms with Crippen LogP contribution in [0, 0.1) is 0 Å². The molecule has 0 aromatic carbocycles. The second-order valence-corrected chi connectivity index (χ2v) is 8.82. The molecule has 0 unspecified atom stereocenters. The summed E-state index contributed by atoms with van der Waals surface area (Å²) in [5, 5.41) is 0. The minimum Gasteiger partial charge on any atom is -0.206 e. The Morgan fingerprint density at radius 3 is 2.60 bits per heavy atom. The van der Waals surface area contributed by atoms with Crippen LogP contribution in [-0.2, 0) is 16.4 Å². The van der Waals surface area contributed by atoms with Crippen molar-refractivity contribution in [3.05, 3.63) is 17.0 Å². The summed E-state index contributed by atoms with van der Waals surface area (Å²) in [4.78, 5) is 1.04. The largest absolute Gasteiger partial charge is 0.252 e. The van der Waals surface area contributed by atoms with E-state index in [9.17, 15) is 8.42 Å². The van der Waals surface area contributed by atoms with Crippen LogP contribution >= 0.6 is 22.9 Å². The Balaban J connectivity index is 2.21. The molecule has 1 fully saturated rings. The third-order valence-electron chi connectivity index (χ3n) is 3.83. The van der Waals surface area contributed by atoms with Gasteiger partial charge >= 0.3 is 0 Å². The van der Waals surface area contributed by atoms with Crippen LogP contribution in [-0.4, -0.2) is 31.2 Å². The van der Waals surface area contributed by atoms with Crippen LogP contribution in [0.1, 0.15) is 43.9 Å². The molecule has 0 N–H and O–H groups in total. The Morgan fingerprint density at radius 1 is 1.30 bits per heavy atom. The average molecular weight is 336 g/mol. The summed E-state index contributed by atoms with van der Waals surface area (Å²) in [6.07, 6.45) is 6.22. The Labute approximate surface area is 131 Å².